The fraction of sp³-hybridized carbons (Fsp3) is 0.923. The van der Waals surface area contributed by atoms with Gasteiger partial charge in [-0.15, -0.1) is 0 Å². The first-order valence-electron chi connectivity index (χ1n) is 7.06. The third kappa shape index (κ3) is 8.99. The molecule has 0 aliphatic rings. The Balaban J connectivity index is 4.12. The van der Waals surface area contributed by atoms with Crippen molar-refractivity contribution in [2.75, 3.05) is 6.61 Å². The van der Waals surface area contributed by atoms with Gasteiger partial charge in [0.15, 0.2) is 5.25 Å². The Bertz CT molecular complexity index is 337. The van der Waals surface area contributed by atoms with Crippen molar-refractivity contribution in [2.45, 2.75) is 70.5 Å². The number of hydrogen-bond donors (Lipinski definition) is 1. The summed E-state index contributed by atoms with van der Waals surface area (Å²) < 4.78 is 36.2. The first kappa shape index (κ1) is 18.4. The van der Waals surface area contributed by atoms with Crippen LogP contribution in [0.25, 0.3) is 0 Å². The van der Waals surface area contributed by atoms with Gasteiger partial charge in [0.25, 0.3) is 10.1 Å². The molecule has 0 rings (SSSR count). The van der Waals surface area contributed by atoms with Crippen LogP contribution in [0.3, 0.4) is 0 Å². The molecular formula is C13H26O5S. The van der Waals surface area contributed by atoms with E-state index in [1.54, 1.807) is 0 Å². The number of hydrogen-bond acceptors (Lipinski definition) is 4. The van der Waals surface area contributed by atoms with E-state index in [4.69, 9.17) is 9.29 Å². The van der Waals surface area contributed by atoms with Gasteiger partial charge >= 0.3 is 5.97 Å². The average molecular weight is 294 g/mol. The van der Waals surface area contributed by atoms with E-state index < -0.39 is 21.3 Å². The quantitative estimate of drug-likeness (QED) is 0.360. The van der Waals surface area contributed by atoms with Crippen LogP contribution in [0.2, 0.25) is 0 Å². The summed E-state index contributed by atoms with van der Waals surface area (Å²) >= 11 is 0. The van der Waals surface area contributed by atoms with E-state index in [9.17, 15) is 13.2 Å². The maximum Gasteiger partial charge on any atom is 0.326 e. The molecule has 0 spiro atoms. The van der Waals surface area contributed by atoms with Gasteiger partial charge in [0.05, 0.1) is 6.61 Å². The number of unbranched alkanes of at least 4 members (excludes halogenated alkanes) is 5. The van der Waals surface area contributed by atoms with E-state index in [1.165, 1.54) is 6.42 Å². The average Bonchev–Trinajstić information content (AvgIpc) is 2.33. The molecule has 0 aromatic carbocycles. The molecule has 0 amide bonds. The van der Waals surface area contributed by atoms with Gasteiger partial charge in [-0.3, -0.25) is 9.35 Å². The fourth-order valence-electron chi connectivity index (χ4n) is 1.79. The summed E-state index contributed by atoms with van der Waals surface area (Å²) in [6.45, 7) is 4.13. The summed E-state index contributed by atoms with van der Waals surface area (Å²) in [5.74, 6) is -0.835. The Labute approximate surface area is 116 Å². The number of rotatable bonds is 11. The number of carbonyl (C=O) groups is 1. The Morgan fingerprint density at radius 2 is 1.63 bits per heavy atom. The van der Waals surface area contributed by atoms with Crippen LogP contribution in [0.1, 0.15) is 65.2 Å². The first-order valence-corrected chi connectivity index (χ1v) is 8.56. The summed E-state index contributed by atoms with van der Waals surface area (Å²) in [7, 11) is -4.37. The second-order valence-electron chi connectivity index (χ2n) is 4.73. The third-order valence-electron chi connectivity index (χ3n) is 2.89. The highest BCUT2D eigenvalue weighted by atomic mass is 32.2. The molecule has 1 unspecified atom stereocenters. The zero-order valence-corrected chi connectivity index (χ0v) is 12.7. The standard InChI is InChI=1S/C13H26O5S/c1-3-5-6-7-8-9-10-12(19(15,16)17)13(14)18-11-4-2/h12H,3-11H2,1-2H3,(H,15,16,17). The van der Waals surface area contributed by atoms with Crippen molar-refractivity contribution in [1.82, 2.24) is 0 Å². The molecule has 5 nitrogen and oxygen atoms in total. The van der Waals surface area contributed by atoms with Crippen LogP contribution < -0.4 is 0 Å². The second kappa shape index (κ2) is 10.2. The van der Waals surface area contributed by atoms with Crippen molar-refractivity contribution in [3.05, 3.63) is 0 Å². The highest BCUT2D eigenvalue weighted by molar-refractivity contribution is 7.87. The summed E-state index contributed by atoms with van der Waals surface area (Å²) in [6, 6.07) is 0. The minimum Gasteiger partial charge on any atom is -0.465 e. The van der Waals surface area contributed by atoms with E-state index in [-0.39, 0.29) is 13.0 Å². The van der Waals surface area contributed by atoms with E-state index in [1.807, 2.05) is 6.92 Å². The molecule has 0 aliphatic carbocycles. The zero-order chi connectivity index (χ0) is 14.7. The van der Waals surface area contributed by atoms with Gasteiger partial charge < -0.3 is 4.74 Å². The monoisotopic (exact) mass is 294 g/mol. The lowest BCUT2D eigenvalue weighted by Crippen LogP contribution is -2.31. The van der Waals surface area contributed by atoms with E-state index in [2.05, 4.69) is 6.92 Å². The lowest BCUT2D eigenvalue weighted by Gasteiger charge is -2.12. The maximum absolute atomic E-state index is 11.6. The molecule has 0 aromatic heterocycles. The molecule has 0 bridgehead atoms. The lowest BCUT2D eigenvalue weighted by atomic mass is 10.1. The van der Waals surface area contributed by atoms with Crippen molar-refractivity contribution in [3.8, 4) is 0 Å². The maximum atomic E-state index is 11.6. The van der Waals surface area contributed by atoms with Crippen LogP contribution >= 0.6 is 0 Å². The normalized spacial score (nSPS) is 13.2. The molecule has 1 N–H and O–H groups in total. The SMILES string of the molecule is CCCCCCCCC(C(=O)OCCC)S(=O)(=O)O. The van der Waals surface area contributed by atoms with Crippen molar-refractivity contribution in [3.63, 3.8) is 0 Å². The molecule has 0 fully saturated rings. The molecule has 0 aliphatic heterocycles. The molecule has 114 valence electrons. The third-order valence-corrected chi connectivity index (χ3v) is 4.04. The molecule has 0 radical (unpaired) electrons. The predicted molar refractivity (Wildman–Crippen MR) is 74.6 cm³/mol. The van der Waals surface area contributed by atoms with Crippen LogP contribution in [0, 0.1) is 0 Å². The van der Waals surface area contributed by atoms with Crippen LogP contribution in [-0.4, -0.2) is 30.8 Å². The first-order chi connectivity index (χ1) is 8.93. The van der Waals surface area contributed by atoms with Crippen molar-refractivity contribution in [2.24, 2.45) is 0 Å². The molecule has 0 saturated carbocycles. The molecule has 0 aromatic rings. The van der Waals surface area contributed by atoms with E-state index in [0.29, 0.717) is 12.8 Å². The van der Waals surface area contributed by atoms with Crippen molar-refractivity contribution >= 4 is 16.1 Å². The lowest BCUT2D eigenvalue weighted by molar-refractivity contribution is -0.143. The molecule has 1 atom stereocenters. The van der Waals surface area contributed by atoms with Crippen LogP contribution in [0.15, 0.2) is 0 Å². The van der Waals surface area contributed by atoms with Gasteiger partial charge in [-0.1, -0.05) is 52.4 Å². The Kier molecular flexibility index (Phi) is 9.87. The summed E-state index contributed by atoms with van der Waals surface area (Å²) in [5.41, 5.74) is 0. The van der Waals surface area contributed by atoms with Gasteiger partial charge in [-0.25, -0.2) is 0 Å². The molecular weight excluding hydrogens is 268 g/mol. The number of esters is 1. The highest BCUT2D eigenvalue weighted by Gasteiger charge is 2.31. The highest BCUT2D eigenvalue weighted by Crippen LogP contribution is 2.14. The van der Waals surface area contributed by atoms with Gasteiger partial charge in [0.1, 0.15) is 0 Å². The van der Waals surface area contributed by atoms with Crippen molar-refractivity contribution < 1.29 is 22.5 Å². The van der Waals surface area contributed by atoms with Gasteiger partial charge in [0, 0.05) is 0 Å². The van der Waals surface area contributed by atoms with Crippen LogP contribution in [0.5, 0.6) is 0 Å². The molecule has 0 saturated heterocycles. The number of carbonyl (C=O) groups excluding carboxylic acids is 1. The number of ether oxygens (including phenoxy) is 1. The minimum atomic E-state index is -4.37. The van der Waals surface area contributed by atoms with Gasteiger partial charge in [-0.05, 0) is 12.8 Å². The van der Waals surface area contributed by atoms with Crippen molar-refractivity contribution in [1.29, 1.82) is 0 Å². The summed E-state index contributed by atoms with van der Waals surface area (Å²) in [5, 5.41) is -1.43. The fourth-order valence-corrected chi connectivity index (χ4v) is 2.57. The van der Waals surface area contributed by atoms with Crippen LogP contribution in [0.4, 0.5) is 0 Å². The second-order valence-corrected chi connectivity index (χ2v) is 6.33. The molecule has 6 heteroatoms. The van der Waals surface area contributed by atoms with E-state index >= 15 is 0 Å². The Hall–Kier alpha value is -0.620. The minimum absolute atomic E-state index is 0.132. The zero-order valence-electron chi connectivity index (χ0n) is 11.9. The summed E-state index contributed by atoms with van der Waals surface area (Å²) in [4.78, 5) is 11.6. The summed E-state index contributed by atoms with van der Waals surface area (Å²) in [6.07, 6.45) is 6.69. The predicted octanol–water partition coefficient (Wildman–Crippen LogP) is 2.95. The van der Waals surface area contributed by atoms with Gasteiger partial charge in [0.2, 0.25) is 0 Å². The van der Waals surface area contributed by atoms with Crippen LogP contribution in [-0.2, 0) is 19.6 Å². The Morgan fingerprint density at radius 3 is 2.16 bits per heavy atom. The Morgan fingerprint density at radius 1 is 1.05 bits per heavy atom. The largest absolute Gasteiger partial charge is 0.465 e. The van der Waals surface area contributed by atoms with Gasteiger partial charge in [-0.2, -0.15) is 8.42 Å². The smallest absolute Gasteiger partial charge is 0.326 e. The topological polar surface area (TPSA) is 80.7 Å². The van der Waals surface area contributed by atoms with E-state index in [0.717, 1.165) is 25.7 Å². The molecule has 19 heavy (non-hydrogen) atoms. The molecule has 0 heterocycles.